The lowest BCUT2D eigenvalue weighted by molar-refractivity contribution is 0.102. The van der Waals surface area contributed by atoms with Crippen LogP contribution in [0.3, 0.4) is 0 Å². The van der Waals surface area contributed by atoms with Gasteiger partial charge in [0.1, 0.15) is 0 Å². The molecule has 3 heterocycles. The number of carbonyl (C=O) groups is 1. The molecule has 0 spiro atoms. The van der Waals surface area contributed by atoms with Crippen LogP contribution in [0, 0.1) is 0 Å². The molecule has 0 bridgehead atoms. The Bertz CT molecular complexity index is 1220. The van der Waals surface area contributed by atoms with Crippen molar-refractivity contribution in [2.45, 2.75) is 12.8 Å². The lowest BCUT2D eigenvalue weighted by Crippen LogP contribution is -2.12. The number of fused-ring (bicyclic) bond motifs is 2. The van der Waals surface area contributed by atoms with Crippen molar-refractivity contribution in [2.75, 3.05) is 16.0 Å². The summed E-state index contributed by atoms with van der Waals surface area (Å²) < 4.78 is 0. The molecule has 1 aliphatic heterocycles. The number of anilines is 5. The summed E-state index contributed by atoms with van der Waals surface area (Å²) in [6.07, 6.45) is 9.03. The molecular weight excluding hydrogens is 386 g/mol. The minimum Gasteiger partial charge on any atom is -0.355 e. The molecule has 31 heavy (non-hydrogen) atoms. The zero-order valence-electron chi connectivity index (χ0n) is 16.8. The Balaban J connectivity index is 1.29. The fourth-order valence-electron chi connectivity index (χ4n) is 3.66. The Labute approximate surface area is 180 Å². The monoisotopic (exact) mass is 407 g/mol. The fraction of sp³-hybridized carbons (Fsp3) is 0.0800. The zero-order chi connectivity index (χ0) is 21.0. The van der Waals surface area contributed by atoms with E-state index in [9.17, 15) is 4.79 Å². The van der Waals surface area contributed by atoms with E-state index < -0.39 is 0 Å². The van der Waals surface area contributed by atoms with Crippen LogP contribution in [-0.2, 0) is 12.8 Å². The average molecular weight is 407 g/mol. The number of nitrogens with zero attached hydrogens (tertiary/aromatic N) is 2. The number of rotatable bonds is 4. The SMILES string of the molecule is O=C(Nc1ccc2c(c1)Nc1ccncc1CC2)c1ccc(Nc2ccncc2)cc1. The van der Waals surface area contributed by atoms with E-state index in [4.69, 9.17) is 0 Å². The number of nitrogens with one attached hydrogen (secondary N) is 3. The third kappa shape index (κ3) is 4.23. The number of carbonyl (C=O) groups excluding carboxylic acids is 1. The van der Waals surface area contributed by atoms with E-state index in [-0.39, 0.29) is 5.91 Å². The summed E-state index contributed by atoms with van der Waals surface area (Å²) in [5.74, 6) is -0.145. The smallest absolute Gasteiger partial charge is 0.255 e. The van der Waals surface area contributed by atoms with Crippen molar-refractivity contribution >= 4 is 34.3 Å². The summed E-state index contributed by atoms with van der Waals surface area (Å²) in [7, 11) is 0. The quantitative estimate of drug-likeness (QED) is 0.427. The minimum absolute atomic E-state index is 0.145. The summed E-state index contributed by atoms with van der Waals surface area (Å²) in [6, 6.07) is 19.2. The van der Waals surface area contributed by atoms with E-state index in [1.807, 2.05) is 60.8 Å². The molecule has 0 radical (unpaired) electrons. The first kappa shape index (κ1) is 18.8. The summed E-state index contributed by atoms with van der Waals surface area (Å²) >= 11 is 0. The summed E-state index contributed by atoms with van der Waals surface area (Å²) in [5, 5.41) is 9.77. The van der Waals surface area contributed by atoms with Gasteiger partial charge < -0.3 is 16.0 Å². The van der Waals surface area contributed by atoms with Gasteiger partial charge in [0.2, 0.25) is 0 Å². The van der Waals surface area contributed by atoms with Crippen molar-refractivity contribution in [3.63, 3.8) is 0 Å². The number of aryl methyl sites for hydroxylation is 2. The molecule has 1 amide bonds. The van der Waals surface area contributed by atoms with Crippen molar-refractivity contribution in [2.24, 2.45) is 0 Å². The number of benzene rings is 2. The molecule has 6 nitrogen and oxygen atoms in total. The minimum atomic E-state index is -0.145. The predicted molar refractivity (Wildman–Crippen MR) is 123 cm³/mol. The van der Waals surface area contributed by atoms with Crippen LogP contribution in [0.4, 0.5) is 28.4 Å². The number of amides is 1. The van der Waals surface area contributed by atoms with Crippen LogP contribution in [0.15, 0.2) is 85.5 Å². The predicted octanol–water partition coefficient (Wildman–Crippen LogP) is 5.31. The van der Waals surface area contributed by atoms with Crippen LogP contribution in [0.2, 0.25) is 0 Å². The molecule has 152 valence electrons. The van der Waals surface area contributed by atoms with Crippen molar-refractivity contribution in [1.82, 2.24) is 9.97 Å². The molecule has 0 fully saturated rings. The van der Waals surface area contributed by atoms with Crippen LogP contribution in [0.25, 0.3) is 0 Å². The van der Waals surface area contributed by atoms with E-state index in [0.717, 1.165) is 41.3 Å². The largest absolute Gasteiger partial charge is 0.355 e. The molecule has 6 heteroatoms. The third-order valence-corrected chi connectivity index (χ3v) is 5.32. The molecule has 0 saturated carbocycles. The molecule has 5 rings (SSSR count). The van der Waals surface area contributed by atoms with E-state index in [2.05, 4.69) is 32.0 Å². The first-order valence-corrected chi connectivity index (χ1v) is 10.2. The second-order valence-electron chi connectivity index (χ2n) is 7.42. The van der Waals surface area contributed by atoms with E-state index in [1.165, 1.54) is 11.1 Å². The highest BCUT2D eigenvalue weighted by Crippen LogP contribution is 2.31. The van der Waals surface area contributed by atoms with Gasteiger partial charge in [-0.15, -0.1) is 0 Å². The molecule has 0 unspecified atom stereocenters. The molecule has 4 aromatic rings. The molecule has 1 aliphatic rings. The number of pyridine rings is 2. The van der Waals surface area contributed by atoms with Gasteiger partial charge in [0.15, 0.2) is 0 Å². The van der Waals surface area contributed by atoms with Gasteiger partial charge in [-0.05, 0) is 78.6 Å². The Hall–Kier alpha value is -4.19. The van der Waals surface area contributed by atoms with E-state index >= 15 is 0 Å². The highest BCUT2D eigenvalue weighted by Gasteiger charge is 2.14. The topological polar surface area (TPSA) is 78.9 Å². The lowest BCUT2D eigenvalue weighted by atomic mass is 10.1. The summed E-state index contributed by atoms with van der Waals surface area (Å²) in [5.41, 5.74) is 7.71. The van der Waals surface area contributed by atoms with Gasteiger partial charge in [-0.1, -0.05) is 6.07 Å². The molecular formula is C25H21N5O. The maximum absolute atomic E-state index is 12.7. The first-order chi connectivity index (χ1) is 15.2. The molecule has 2 aromatic heterocycles. The molecule has 3 N–H and O–H groups in total. The number of aromatic nitrogens is 2. The molecule has 2 aromatic carbocycles. The van der Waals surface area contributed by atoms with Crippen LogP contribution in [0.5, 0.6) is 0 Å². The Morgan fingerprint density at radius 1 is 0.742 bits per heavy atom. The van der Waals surface area contributed by atoms with Gasteiger partial charge in [0.25, 0.3) is 5.91 Å². The normalized spacial score (nSPS) is 12.0. The van der Waals surface area contributed by atoms with Crippen LogP contribution < -0.4 is 16.0 Å². The standard InChI is InChI=1S/C25H21N5O/c31-25(18-4-6-20(7-5-18)28-21-9-12-26-13-10-21)29-22-8-3-17-1-2-19-16-27-14-11-23(19)30-24(17)15-22/h3-16,30H,1-2H2,(H,26,28)(H,29,31). The van der Waals surface area contributed by atoms with Crippen LogP contribution >= 0.6 is 0 Å². The molecule has 0 saturated heterocycles. The fourth-order valence-corrected chi connectivity index (χ4v) is 3.66. The highest BCUT2D eigenvalue weighted by molar-refractivity contribution is 6.04. The third-order valence-electron chi connectivity index (χ3n) is 5.32. The average Bonchev–Trinajstić information content (AvgIpc) is 2.99. The second kappa shape index (κ2) is 8.28. The zero-order valence-corrected chi connectivity index (χ0v) is 16.8. The van der Waals surface area contributed by atoms with Crippen molar-refractivity contribution < 1.29 is 4.79 Å². The maximum Gasteiger partial charge on any atom is 0.255 e. The summed E-state index contributed by atoms with van der Waals surface area (Å²) in [4.78, 5) is 21.0. The highest BCUT2D eigenvalue weighted by atomic mass is 16.1. The Kier molecular flexibility index (Phi) is 5.02. The maximum atomic E-state index is 12.7. The van der Waals surface area contributed by atoms with Gasteiger partial charge in [-0.2, -0.15) is 0 Å². The van der Waals surface area contributed by atoms with Crippen LogP contribution in [0.1, 0.15) is 21.5 Å². The van der Waals surface area contributed by atoms with Gasteiger partial charge in [0.05, 0.1) is 0 Å². The van der Waals surface area contributed by atoms with Gasteiger partial charge in [-0.3, -0.25) is 14.8 Å². The Morgan fingerprint density at radius 3 is 2.29 bits per heavy atom. The van der Waals surface area contributed by atoms with Crippen molar-refractivity contribution in [3.05, 3.63) is 102 Å². The molecule has 0 atom stereocenters. The first-order valence-electron chi connectivity index (χ1n) is 10.2. The van der Waals surface area contributed by atoms with Gasteiger partial charge in [0, 0.05) is 58.8 Å². The van der Waals surface area contributed by atoms with Crippen LogP contribution in [-0.4, -0.2) is 15.9 Å². The number of hydrogen-bond donors (Lipinski definition) is 3. The molecule has 0 aliphatic carbocycles. The summed E-state index contributed by atoms with van der Waals surface area (Å²) in [6.45, 7) is 0. The number of hydrogen-bond acceptors (Lipinski definition) is 5. The van der Waals surface area contributed by atoms with Crippen molar-refractivity contribution in [3.8, 4) is 0 Å². The Morgan fingerprint density at radius 2 is 1.45 bits per heavy atom. The van der Waals surface area contributed by atoms with E-state index in [1.54, 1.807) is 18.6 Å². The second-order valence-corrected chi connectivity index (χ2v) is 7.42. The van der Waals surface area contributed by atoms with E-state index in [0.29, 0.717) is 5.56 Å². The van der Waals surface area contributed by atoms with Gasteiger partial charge in [-0.25, -0.2) is 0 Å². The van der Waals surface area contributed by atoms with Gasteiger partial charge >= 0.3 is 0 Å². The lowest BCUT2D eigenvalue weighted by Gasteiger charge is -2.12. The van der Waals surface area contributed by atoms with Crippen molar-refractivity contribution in [1.29, 1.82) is 0 Å².